The Hall–Kier alpha value is -2.70. The van der Waals surface area contributed by atoms with E-state index in [4.69, 9.17) is 9.72 Å². The van der Waals surface area contributed by atoms with Crippen LogP contribution in [0.2, 0.25) is 0 Å². The highest BCUT2D eigenvalue weighted by molar-refractivity contribution is 5.69. The Morgan fingerprint density at radius 1 is 1.23 bits per heavy atom. The Bertz CT molecular complexity index is 861. The number of hydrogen-bond acceptors (Lipinski definition) is 5. The fourth-order valence-corrected chi connectivity index (χ4v) is 3.77. The Morgan fingerprint density at radius 3 is 2.77 bits per heavy atom. The molecule has 0 fully saturated rings. The molecule has 3 rings (SSSR count). The van der Waals surface area contributed by atoms with E-state index in [2.05, 4.69) is 26.6 Å². The molecule has 2 heterocycles. The summed E-state index contributed by atoms with van der Waals surface area (Å²) in [6.45, 7) is 3.02. The van der Waals surface area contributed by atoms with Gasteiger partial charge in [-0.05, 0) is 50.8 Å². The van der Waals surface area contributed by atoms with E-state index in [9.17, 15) is 9.18 Å². The first-order valence-corrected chi connectivity index (χ1v) is 10.9. The smallest absolute Gasteiger partial charge is 0.305 e. The number of halogens is 1. The molecular weight excluding hydrogens is 383 g/mol. The first-order chi connectivity index (χ1) is 14.6. The lowest BCUT2D eigenvalue weighted by Gasteiger charge is -2.23. The first-order valence-electron chi connectivity index (χ1n) is 10.9. The number of hydrogen-bond donors (Lipinski definition) is 0. The number of fused-ring (bicyclic) bond motifs is 1. The van der Waals surface area contributed by atoms with E-state index >= 15 is 0 Å². The highest BCUT2D eigenvalue weighted by Gasteiger charge is 2.21. The van der Waals surface area contributed by atoms with Crippen LogP contribution < -0.4 is 4.90 Å². The van der Waals surface area contributed by atoms with Crippen LogP contribution in [0.1, 0.15) is 63.3 Å². The largest absolute Gasteiger partial charge is 0.466 e. The number of imidazole rings is 1. The van der Waals surface area contributed by atoms with Gasteiger partial charge in [0.15, 0.2) is 0 Å². The second-order valence-corrected chi connectivity index (χ2v) is 7.55. The standard InChI is InChI=1S/C23H31FN4O2/c1-3-30-22(29)13-7-5-4-6-10-16-28(21-15-14-18(24)17-25-21)23-26-19-11-8-9-12-20(19)27(23)2/h8,11,14-15,17H,3-7,9-10,12-13,16H2,1-2H3. The molecule has 0 aliphatic heterocycles. The third kappa shape index (κ3) is 5.68. The lowest BCUT2D eigenvalue weighted by Crippen LogP contribution is -2.23. The molecule has 1 aliphatic rings. The third-order valence-electron chi connectivity index (χ3n) is 5.34. The zero-order chi connectivity index (χ0) is 21.3. The first kappa shape index (κ1) is 22.0. The van der Waals surface area contributed by atoms with Gasteiger partial charge in [-0.2, -0.15) is 0 Å². The van der Waals surface area contributed by atoms with Crippen LogP contribution in [0.3, 0.4) is 0 Å². The van der Waals surface area contributed by atoms with Gasteiger partial charge in [0.1, 0.15) is 11.6 Å². The van der Waals surface area contributed by atoms with Crippen molar-refractivity contribution >= 4 is 23.8 Å². The lowest BCUT2D eigenvalue weighted by atomic mass is 10.1. The fourth-order valence-electron chi connectivity index (χ4n) is 3.77. The van der Waals surface area contributed by atoms with E-state index in [1.165, 1.54) is 18.0 Å². The number of carbonyl (C=O) groups excluding carboxylic acids is 1. The normalized spacial score (nSPS) is 12.6. The van der Waals surface area contributed by atoms with Gasteiger partial charge >= 0.3 is 5.97 Å². The number of carbonyl (C=O) groups is 1. The molecular formula is C23H31FN4O2. The highest BCUT2D eigenvalue weighted by atomic mass is 19.1. The summed E-state index contributed by atoms with van der Waals surface area (Å²) in [6.07, 6.45) is 12.9. The fraction of sp³-hybridized carbons (Fsp3) is 0.522. The van der Waals surface area contributed by atoms with Crippen LogP contribution in [0, 0.1) is 5.82 Å². The molecule has 0 atom stereocenters. The summed E-state index contributed by atoms with van der Waals surface area (Å²) in [5.41, 5.74) is 2.23. The van der Waals surface area contributed by atoms with Crippen molar-refractivity contribution in [2.24, 2.45) is 7.05 Å². The molecule has 0 aromatic carbocycles. The Labute approximate surface area is 177 Å². The number of ether oxygens (including phenoxy) is 1. The number of allylic oxidation sites excluding steroid dienone is 1. The molecule has 0 N–H and O–H groups in total. The molecule has 162 valence electrons. The monoisotopic (exact) mass is 414 g/mol. The average Bonchev–Trinajstić information content (AvgIpc) is 3.08. The summed E-state index contributed by atoms with van der Waals surface area (Å²) in [5.74, 6) is 1.09. The van der Waals surface area contributed by atoms with Gasteiger partial charge in [-0.3, -0.25) is 9.69 Å². The van der Waals surface area contributed by atoms with Crippen molar-refractivity contribution in [3.8, 4) is 0 Å². The number of aromatic nitrogens is 3. The summed E-state index contributed by atoms with van der Waals surface area (Å²) in [6, 6.07) is 3.14. The van der Waals surface area contributed by atoms with Crippen LogP contribution in [0.4, 0.5) is 16.2 Å². The number of unbranched alkanes of at least 4 members (excludes halogenated alkanes) is 4. The van der Waals surface area contributed by atoms with Crippen LogP contribution in [-0.2, 0) is 23.0 Å². The Kier molecular flexibility index (Phi) is 7.99. The molecule has 2 aromatic heterocycles. The minimum atomic E-state index is -0.345. The Balaban J connectivity index is 1.60. The van der Waals surface area contributed by atoms with Crippen LogP contribution >= 0.6 is 0 Å². The summed E-state index contributed by atoms with van der Waals surface area (Å²) < 4.78 is 20.5. The van der Waals surface area contributed by atoms with Gasteiger partial charge in [0.25, 0.3) is 0 Å². The average molecular weight is 415 g/mol. The molecule has 6 nitrogen and oxygen atoms in total. The molecule has 30 heavy (non-hydrogen) atoms. The van der Waals surface area contributed by atoms with Crippen LogP contribution in [0.5, 0.6) is 0 Å². The molecule has 0 saturated carbocycles. The van der Waals surface area contributed by atoms with Crippen molar-refractivity contribution < 1.29 is 13.9 Å². The molecule has 2 aromatic rings. The third-order valence-corrected chi connectivity index (χ3v) is 5.34. The second-order valence-electron chi connectivity index (χ2n) is 7.55. The molecule has 0 saturated heterocycles. The van der Waals surface area contributed by atoms with Crippen molar-refractivity contribution in [1.29, 1.82) is 0 Å². The van der Waals surface area contributed by atoms with Gasteiger partial charge in [0.2, 0.25) is 5.95 Å². The summed E-state index contributed by atoms with van der Waals surface area (Å²) in [5, 5.41) is 0. The molecule has 1 aliphatic carbocycles. The van der Waals surface area contributed by atoms with Gasteiger partial charge in [-0.1, -0.05) is 25.3 Å². The minimum absolute atomic E-state index is 0.112. The minimum Gasteiger partial charge on any atom is -0.466 e. The molecule has 0 radical (unpaired) electrons. The number of nitrogens with zero attached hydrogens (tertiary/aromatic N) is 4. The van der Waals surface area contributed by atoms with Crippen LogP contribution in [0.15, 0.2) is 24.4 Å². The number of anilines is 2. The van der Waals surface area contributed by atoms with E-state index in [1.807, 2.05) is 14.0 Å². The van der Waals surface area contributed by atoms with E-state index in [0.29, 0.717) is 18.8 Å². The topological polar surface area (TPSA) is 60.2 Å². The molecule has 0 amide bonds. The summed E-state index contributed by atoms with van der Waals surface area (Å²) in [4.78, 5) is 22.6. The van der Waals surface area contributed by atoms with Gasteiger partial charge < -0.3 is 9.30 Å². The zero-order valence-corrected chi connectivity index (χ0v) is 17.9. The predicted molar refractivity (Wildman–Crippen MR) is 116 cm³/mol. The lowest BCUT2D eigenvalue weighted by molar-refractivity contribution is -0.143. The van der Waals surface area contributed by atoms with Crippen molar-refractivity contribution in [3.05, 3.63) is 41.6 Å². The molecule has 0 unspecified atom stereocenters. The maximum absolute atomic E-state index is 13.4. The van der Waals surface area contributed by atoms with Gasteiger partial charge in [0, 0.05) is 25.7 Å². The molecule has 0 spiro atoms. The van der Waals surface area contributed by atoms with E-state index < -0.39 is 0 Å². The highest BCUT2D eigenvalue weighted by Crippen LogP contribution is 2.28. The Morgan fingerprint density at radius 2 is 2.03 bits per heavy atom. The zero-order valence-electron chi connectivity index (χ0n) is 17.9. The SMILES string of the molecule is CCOC(=O)CCCCCCCN(c1ccc(F)cn1)c1nc2c(n1C)CCC=C2. The molecule has 7 heteroatoms. The molecule has 0 bridgehead atoms. The number of rotatable bonds is 11. The van der Waals surface area contributed by atoms with E-state index in [0.717, 1.165) is 63.1 Å². The van der Waals surface area contributed by atoms with Crippen LogP contribution in [0.25, 0.3) is 6.08 Å². The summed E-state index contributed by atoms with van der Waals surface area (Å²) in [7, 11) is 2.03. The van der Waals surface area contributed by atoms with Crippen molar-refractivity contribution in [2.45, 2.75) is 58.3 Å². The maximum atomic E-state index is 13.4. The van der Waals surface area contributed by atoms with Crippen molar-refractivity contribution in [2.75, 3.05) is 18.1 Å². The quantitative estimate of drug-likeness (QED) is 0.384. The van der Waals surface area contributed by atoms with E-state index in [-0.39, 0.29) is 11.8 Å². The van der Waals surface area contributed by atoms with Gasteiger partial charge in [-0.25, -0.2) is 14.4 Å². The summed E-state index contributed by atoms with van der Waals surface area (Å²) >= 11 is 0. The van der Waals surface area contributed by atoms with E-state index in [1.54, 1.807) is 6.07 Å². The number of pyridine rings is 1. The second kappa shape index (κ2) is 10.9. The predicted octanol–water partition coefficient (Wildman–Crippen LogP) is 4.96. The van der Waals surface area contributed by atoms with Crippen molar-refractivity contribution in [1.82, 2.24) is 14.5 Å². The maximum Gasteiger partial charge on any atom is 0.305 e. The number of esters is 1. The van der Waals surface area contributed by atoms with Gasteiger partial charge in [-0.15, -0.1) is 0 Å². The van der Waals surface area contributed by atoms with Crippen molar-refractivity contribution in [3.63, 3.8) is 0 Å². The van der Waals surface area contributed by atoms with Crippen LogP contribution in [-0.4, -0.2) is 33.7 Å². The van der Waals surface area contributed by atoms with Gasteiger partial charge in [0.05, 0.1) is 18.5 Å².